The third kappa shape index (κ3) is 3.44. The zero-order valence-electron chi connectivity index (χ0n) is 10.9. The van der Waals surface area contributed by atoms with Gasteiger partial charge in [-0.3, -0.25) is 9.59 Å². The van der Waals surface area contributed by atoms with E-state index in [0.29, 0.717) is 11.3 Å². The van der Waals surface area contributed by atoms with E-state index < -0.39 is 28.1 Å². The van der Waals surface area contributed by atoms with Crippen LogP contribution in [0.1, 0.15) is 27.6 Å². The standard InChI is InChI=1S/C15H10ClF2NO2/c1-8(20)9-2-4-10(5-3-9)19-15(21)11-6-14(18)12(16)7-13(11)17/h2-7H,1H3,(H,19,21). The summed E-state index contributed by atoms with van der Waals surface area (Å²) in [5, 5.41) is 2.02. The van der Waals surface area contributed by atoms with E-state index in [1.54, 1.807) is 0 Å². The molecule has 0 aliphatic rings. The van der Waals surface area contributed by atoms with Crippen LogP contribution in [0.5, 0.6) is 0 Å². The van der Waals surface area contributed by atoms with Crippen LogP contribution < -0.4 is 5.32 Å². The van der Waals surface area contributed by atoms with Gasteiger partial charge in [0.2, 0.25) is 0 Å². The summed E-state index contributed by atoms with van der Waals surface area (Å²) < 4.78 is 26.9. The molecule has 0 fully saturated rings. The highest BCUT2D eigenvalue weighted by atomic mass is 35.5. The first kappa shape index (κ1) is 15.1. The van der Waals surface area contributed by atoms with Crippen LogP contribution in [0.4, 0.5) is 14.5 Å². The van der Waals surface area contributed by atoms with E-state index >= 15 is 0 Å². The lowest BCUT2D eigenvalue weighted by atomic mass is 10.1. The Morgan fingerprint density at radius 3 is 2.24 bits per heavy atom. The fourth-order valence-corrected chi connectivity index (χ4v) is 1.83. The number of halogens is 3. The van der Waals surface area contributed by atoms with Crippen molar-refractivity contribution in [3.8, 4) is 0 Å². The van der Waals surface area contributed by atoms with Crippen LogP contribution in [-0.4, -0.2) is 11.7 Å². The summed E-state index contributed by atoms with van der Waals surface area (Å²) in [6, 6.07) is 7.52. The van der Waals surface area contributed by atoms with Gasteiger partial charge in [-0.25, -0.2) is 8.78 Å². The van der Waals surface area contributed by atoms with E-state index in [1.807, 2.05) is 0 Å². The van der Waals surface area contributed by atoms with Gasteiger partial charge in [0.1, 0.15) is 11.6 Å². The quantitative estimate of drug-likeness (QED) is 0.686. The summed E-state index contributed by atoms with van der Waals surface area (Å²) in [5.74, 6) is -2.72. The van der Waals surface area contributed by atoms with E-state index in [4.69, 9.17) is 11.6 Å². The highest BCUT2D eigenvalue weighted by molar-refractivity contribution is 6.30. The number of ketones is 1. The lowest BCUT2D eigenvalue weighted by molar-refractivity contribution is 0.101. The number of amides is 1. The summed E-state index contributed by atoms with van der Waals surface area (Å²) in [7, 11) is 0. The Morgan fingerprint density at radius 2 is 1.67 bits per heavy atom. The molecule has 1 amide bonds. The Morgan fingerprint density at radius 1 is 1.05 bits per heavy atom. The number of nitrogens with one attached hydrogen (secondary N) is 1. The van der Waals surface area contributed by atoms with Crippen molar-refractivity contribution in [3.63, 3.8) is 0 Å². The van der Waals surface area contributed by atoms with E-state index in [0.717, 1.165) is 12.1 Å². The Balaban J connectivity index is 2.22. The molecule has 1 N–H and O–H groups in total. The average Bonchev–Trinajstić information content (AvgIpc) is 2.43. The third-order valence-corrected chi connectivity index (χ3v) is 3.09. The van der Waals surface area contributed by atoms with Crippen molar-refractivity contribution in [3.05, 3.63) is 64.2 Å². The molecule has 0 atom stereocenters. The van der Waals surface area contributed by atoms with E-state index in [-0.39, 0.29) is 5.78 Å². The molecule has 0 aliphatic carbocycles. The Labute approximate surface area is 124 Å². The maximum atomic E-state index is 13.6. The highest BCUT2D eigenvalue weighted by Crippen LogP contribution is 2.20. The van der Waals surface area contributed by atoms with Crippen molar-refractivity contribution in [1.29, 1.82) is 0 Å². The van der Waals surface area contributed by atoms with Gasteiger partial charge in [-0.2, -0.15) is 0 Å². The first-order valence-corrected chi connectivity index (χ1v) is 6.33. The molecule has 21 heavy (non-hydrogen) atoms. The van der Waals surface area contributed by atoms with Gasteiger partial charge in [0.15, 0.2) is 5.78 Å². The normalized spacial score (nSPS) is 10.3. The number of rotatable bonds is 3. The average molecular weight is 310 g/mol. The van der Waals surface area contributed by atoms with Gasteiger partial charge in [-0.1, -0.05) is 11.6 Å². The highest BCUT2D eigenvalue weighted by Gasteiger charge is 2.15. The summed E-state index contributed by atoms with van der Waals surface area (Å²) in [5.41, 5.74) is 0.393. The van der Waals surface area contributed by atoms with Crippen LogP contribution in [0, 0.1) is 11.6 Å². The van der Waals surface area contributed by atoms with Crippen LogP contribution in [0.2, 0.25) is 5.02 Å². The zero-order valence-corrected chi connectivity index (χ0v) is 11.7. The zero-order chi connectivity index (χ0) is 15.6. The van der Waals surface area contributed by atoms with Crippen LogP contribution in [-0.2, 0) is 0 Å². The smallest absolute Gasteiger partial charge is 0.258 e. The molecule has 0 radical (unpaired) electrons. The molecule has 0 spiro atoms. The molecular formula is C15H10ClF2NO2. The molecule has 6 heteroatoms. The molecule has 2 aromatic rings. The summed E-state index contributed by atoms with van der Waals surface area (Å²) in [6.45, 7) is 1.42. The fourth-order valence-electron chi connectivity index (χ4n) is 1.68. The van der Waals surface area contributed by atoms with Gasteiger partial charge in [0, 0.05) is 11.3 Å². The summed E-state index contributed by atoms with van der Waals surface area (Å²) in [4.78, 5) is 23.0. The maximum Gasteiger partial charge on any atom is 0.258 e. The lowest BCUT2D eigenvalue weighted by Crippen LogP contribution is -2.14. The number of hydrogen-bond acceptors (Lipinski definition) is 2. The molecule has 2 aromatic carbocycles. The molecule has 0 saturated carbocycles. The number of Topliss-reactive ketones (excluding diaryl/α,β-unsaturated/α-hetero) is 1. The molecule has 2 rings (SSSR count). The minimum Gasteiger partial charge on any atom is -0.322 e. The molecule has 108 valence electrons. The number of carbonyl (C=O) groups excluding carboxylic acids is 2. The van der Waals surface area contributed by atoms with E-state index in [2.05, 4.69) is 5.32 Å². The van der Waals surface area contributed by atoms with E-state index in [1.165, 1.54) is 31.2 Å². The van der Waals surface area contributed by atoms with Crippen molar-refractivity contribution in [1.82, 2.24) is 0 Å². The Kier molecular flexibility index (Phi) is 4.33. The Bertz CT molecular complexity index is 714. The van der Waals surface area contributed by atoms with Crippen molar-refractivity contribution >= 4 is 29.0 Å². The van der Waals surface area contributed by atoms with Gasteiger partial charge in [0.05, 0.1) is 10.6 Å². The third-order valence-electron chi connectivity index (χ3n) is 2.80. The van der Waals surface area contributed by atoms with Gasteiger partial charge >= 0.3 is 0 Å². The largest absolute Gasteiger partial charge is 0.322 e. The number of benzene rings is 2. The minimum absolute atomic E-state index is 0.112. The molecule has 0 bridgehead atoms. The minimum atomic E-state index is -0.917. The summed E-state index contributed by atoms with van der Waals surface area (Å²) >= 11 is 5.42. The number of hydrogen-bond donors (Lipinski definition) is 1. The van der Waals surface area contributed by atoms with E-state index in [9.17, 15) is 18.4 Å². The van der Waals surface area contributed by atoms with Crippen LogP contribution in [0.15, 0.2) is 36.4 Å². The summed E-state index contributed by atoms with van der Waals surface area (Å²) in [6.07, 6.45) is 0. The maximum absolute atomic E-state index is 13.6. The first-order valence-electron chi connectivity index (χ1n) is 5.95. The van der Waals surface area contributed by atoms with Gasteiger partial charge in [0.25, 0.3) is 5.91 Å². The van der Waals surface area contributed by atoms with Crippen molar-refractivity contribution < 1.29 is 18.4 Å². The number of anilines is 1. The monoisotopic (exact) mass is 309 g/mol. The predicted octanol–water partition coefficient (Wildman–Crippen LogP) is 4.07. The van der Waals surface area contributed by atoms with Crippen molar-refractivity contribution in [2.75, 3.05) is 5.32 Å². The first-order chi connectivity index (χ1) is 9.88. The van der Waals surface area contributed by atoms with Gasteiger partial charge < -0.3 is 5.32 Å². The topological polar surface area (TPSA) is 46.2 Å². The Hall–Kier alpha value is -2.27. The van der Waals surface area contributed by atoms with Crippen LogP contribution in [0.25, 0.3) is 0 Å². The molecule has 0 unspecified atom stereocenters. The number of carbonyl (C=O) groups is 2. The molecule has 0 saturated heterocycles. The second kappa shape index (κ2) is 6.01. The lowest BCUT2D eigenvalue weighted by Gasteiger charge is -2.07. The van der Waals surface area contributed by atoms with Crippen molar-refractivity contribution in [2.45, 2.75) is 6.92 Å². The molecule has 3 nitrogen and oxygen atoms in total. The molecular weight excluding hydrogens is 300 g/mol. The second-order valence-electron chi connectivity index (χ2n) is 4.33. The second-order valence-corrected chi connectivity index (χ2v) is 4.74. The fraction of sp³-hybridized carbons (Fsp3) is 0.0667. The van der Waals surface area contributed by atoms with Crippen molar-refractivity contribution in [2.24, 2.45) is 0 Å². The molecule has 0 heterocycles. The van der Waals surface area contributed by atoms with Crippen LogP contribution in [0.3, 0.4) is 0 Å². The SMILES string of the molecule is CC(=O)c1ccc(NC(=O)c2cc(F)c(Cl)cc2F)cc1. The predicted molar refractivity (Wildman–Crippen MR) is 75.8 cm³/mol. The van der Waals surface area contributed by atoms with Gasteiger partial charge in [-0.05, 0) is 43.3 Å². The molecule has 0 aliphatic heterocycles. The van der Waals surface area contributed by atoms with Gasteiger partial charge in [-0.15, -0.1) is 0 Å². The van der Waals surface area contributed by atoms with Crippen LogP contribution >= 0.6 is 11.6 Å². The molecule has 0 aromatic heterocycles.